The first-order chi connectivity index (χ1) is 11.9. The van der Waals surface area contributed by atoms with E-state index in [1.807, 2.05) is 50.3 Å². The van der Waals surface area contributed by atoms with Gasteiger partial charge in [0.15, 0.2) is 0 Å². The highest BCUT2D eigenvalue weighted by molar-refractivity contribution is 6.03. The van der Waals surface area contributed by atoms with Crippen LogP contribution in [0.15, 0.2) is 36.4 Å². The van der Waals surface area contributed by atoms with Crippen molar-refractivity contribution in [3.63, 3.8) is 0 Å². The number of nitrogens with one attached hydrogen (secondary N) is 1. The highest BCUT2D eigenvalue weighted by Crippen LogP contribution is 2.52. The lowest BCUT2D eigenvalue weighted by Gasteiger charge is -2.24. The molecular weight excluding hydrogens is 320 g/mol. The van der Waals surface area contributed by atoms with E-state index in [0.29, 0.717) is 6.54 Å². The number of carbonyl (C=O) groups is 2. The summed E-state index contributed by atoms with van der Waals surface area (Å²) in [6.07, 6.45) is 3.57. The summed E-state index contributed by atoms with van der Waals surface area (Å²) in [5, 5.41) is 2.93. The van der Waals surface area contributed by atoms with Crippen molar-refractivity contribution in [1.29, 1.82) is 0 Å². The Bertz CT molecular complexity index is 742. The van der Waals surface area contributed by atoms with E-state index < -0.39 is 17.4 Å². The van der Waals surface area contributed by atoms with Crippen molar-refractivity contribution >= 4 is 17.5 Å². The molecule has 25 heavy (non-hydrogen) atoms. The summed E-state index contributed by atoms with van der Waals surface area (Å²) in [6, 6.07) is 7.39. The van der Waals surface area contributed by atoms with Gasteiger partial charge in [-0.25, -0.2) is 0 Å². The van der Waals surface area contributed by atoms with Crippen LogP contribution in [0.2, 0.25) is 0 Å². The van der Waals surface area contributed by atoms with E-state index in [2.05, 4.69) is 5.32 Å². The van der Waals surface area contributed by atoms with Crippen LogP contribution in [0.5, 0.6) is 5.75 Å². The van der Waals surface area contributed by atoms with Crippen molar-refractivity contribution in [3.05, 3.63) is 36.4 Å². The molecule has 1 aromatic carbocycles. The van der Waals surface area contributed by atoms with Gasteiger partial charge in [0.2, 0.25) is 11.8 Å². The Labute approximate surface area is 146 Å². The lowest BCUT2D eigenvalue weighted by Crippen LogP contribution is -2.45. The number of hydrogen-bond acceptors (Lipinski definition) is 4. The maximum absolute atomic E-state index is 13.1. The van der Waals surface area contributed by atoms with Gasteiger partial charge in [0.05, 0.1) is 31.6 Å². The Morgan fingerprint density at radius 1 is 1.36 bits per heavy atom. The summed E-state index contributed by atoms with van der Waals surface area (Å²) in [7, 11) is 1.61. The molecule has 0 radical (unpaired) electrons. The maximum Gasteiger partial charge on any atom is 0.234 e. The fourth-order valence-electron chi connectivity index (χ4n) is 4.16. The third kappa shape index (κ3) is 2.35. The van der Waals surface area contributed by atoms with Gasteiger partial charge in [-0.15, -0.1) is 0 Å². The van der Waals surface area contributed by atoms with Crippen LogP contribution in [0.3, 0.4) is 0 Å². The van der Waals surface area contributed by atoms with Crippen molar-refractivity contribution in [2.24, 2.45) is 11.8 Å². The second-order valence-corrected chi connectivity index (χ2v) is 7.19. The molecule has 0 aromatic heterocycles. The minimum Gasteiger partial charge on any atom is -0.497 e. The predicted octanol–water partition coefficient (Wildman–Crippen LogP) is 1.51. The van der Waals surface area contributed by atoms with Gasteiger partial charge in [-0.2, -0.15) is 0 Å². The number of fused-ring (bicyclic) bond motifs is 1. The minimum absolute atomic E-state index is 0.0285. The molecule has 3 aliphatic rings. The van der Waals surface area contributed by atoms with Gasteiger partial charge in [-0.05, 0) is 38.1 Å². The number of hydrogen-bond donors (Lipinski definition) is 1. The number of amides is 2. The standard InChI is InChI=1S/C19H22N2O4/c1-11(2)20-17(22)15-14-8-9-19(25-14)10-21(18(23)16(15)19)12-4-6-13(24-3)7-5-12/h4-9,11,14-16H,10H2,1-3H3,(H,20,22)/t14-,15+,16+,19-/m1/s1. The van der Waals surface area contributed by atoms with E-state index in [9.17, 15) is 9.59 Å². The van der Waals surface area contributed by atoms with Gasteiger partial charge in [-0.1, -0.05) is 12.2 Å². The molecule has 4 rings (SSSR count). The Kier molecular flexibility index (Phi) is 3.61. The molecule has 4 atom stereocenters. The lowest BCUT2D eigenvalue weighted by molar-refractivity contribution is -0.132. The average molecular weight is 342 g/mol. The Hall–Kier alpha value is -2.34. The number of carbonyl (C=O) groups excluding carboxylic acids is 2. The second kappa shape index (κ2) is 5.59. The van der Waals surface area contributed by atoms with Crippen molar-refractivity contribution in [1.82, 2.24) is 5.32 Å². The van der Waals surface area contributed by atoms with Crippen LogP contribution in [-0.2, 0) is 14.3 Å². The number of benzene rings is 1. The van der Waals surface area contributed by atoms with Gasteiger partial charge >= 0.3 is 0 Å². The van der Waals surface area contributed by atoms with Crippen molar-refractivity contribution < 1.29 is 19.1 Å². The van der Waals surface area contributed by atoms with Crippen LogP contribution < -0.4 is 15.0 Å². The van der Waals surface area contributed by atoms with E-state index in [0.717, 1.165) is 11.4 Å². The van der Waals surface area contributed by atoms with Crippen LogP contribution in [0.25, 0.3) is 0 Å². The van der Waals surface area contributed by atoms with E-state index in [-0.39, 0.29) is 24.0 Å². The first kappa shape index (κ1) is 16.1. The highest BCUT2D eigenvalue weighted by Gasteiger charge is 2.67. The number of methoxy groups -OCH3 is 1. The third-order valence-corrected chi connectivity index (χ3v) is 5.22. The largest absolute Gasteiger partial charge is 0.497 e. The van der Waals surface area contributed by atoms with Gasteiger partial charge in [0.1, 0.15) is 11.4 Å². The van der Waals surface area contributed by atoms with Gasteiger partial charge in [-0.3, -0.25) is 9.59 Å². The van der Waals surface area contributed by atoms with Crippen LogP contribution >= 0.6 is 0 Å². The quantitative estimate of drug-likeness (QED) is 0.842. The van der Waals surface area contributed by atoms with E-state index in [4.69, 9.17) is 9.47 Å². The summed E-state index contributed by atoms with van der Waals surface area (Å²) in [4.78, 5) is 27.5. The average Bonchev–Trinajstić information content (AvgIpc) is 3.22. The van der Waals surface area contributed by atoms with Crippen molar-refractivity contribution in [2.75, 3.05) is 18.6 Å². The molecular formula is C19H22N2O4. The molecule has 1 aromatic rings. The monoisotopic (exact) mass is 342 g/mol. The normalized spacial score (nSPS) is 32.4. The maximum atomic E-state index is 13.1. The van der Waals surface area contributed by atoms with Crippen molar-refractivity contribution in [2.45, 2.75) is 31.6 Å². The molecule has 3 aliphatic heterocycles. The van der Waals surface area contributed by atoms with Gasteiger partial charge in [0.25, 0.3) is 0 Å². The molecule has 1 spiro atoms. The lowest BCUT2D eigenvalue weighted by atomic mass is 9.76. The van der Waals surface area contributed by atoms with E-state index in [1.165, 1.54) is 0 Å². The van der Waals surface area contributed by atoms with E-state index in [1.54, 1.807) is 12.0 Å². The van der Waals surface area contributed by atoms with Crippen LogP contribution in [0.1, 0.15) is 13.8 Å². The van der Waals surface area contributed by atoms with E-state index >= 15 is 0 Å². The zero-order valence-electron chi connectivity index (χ0n) is 14.6. The molecule has 2 amide bonds. The molecule has 6 nitrogen and oxygen atoms in total. The third-order valence-electron chi connectivity index (χ3n) is 5.22. The molecule has 0 unspecified atom stereocenters. The molecule has 2 bridgehead atoms. The summed E-state index contributed by atoms with van der Waals surface area (Å²) < 4.78 is 11.3. The fraction of sp³-hybridized carbons (Fsp3) is 0.474. The Balaban J connectivity index is 1.64. The summed E-state index contributed by atoms with van der Waals surface area (Å²) in [5.41, 5.74) is 0.0961. The molecule has 0 aliphatic carbocycles. The second-order valence-electron chi connectivity index (χ2n) is 7.19. The van der Waals surface area contributed by atoms with Crippen LogP contribution in [0, 0.1) is 11.8 Å². The first-order valence-electron chi connectivity index (χ1n) is 8.58. The zero-order valence-corrected chi connectivity index (χ0v) is 14.6. The minimum atomic E-state index is -0.694. The summed E-state index contributed by atoms with van der Waals surface area (Å²) in [6.45, 7) is 4.26. The fourth-order valence-corrected chi connectivity index (χ4v) is 4.16. The number of nitrogens with zero attached hydrogens (tertiary/aromatic N) is 1. The summed E-state index contributed by atoms with van der Waals surface area (Å²) in [5.74, 6) is -0.367. The van der Waals surface area contributed by atoms with Crippen LogP contribution in [-0.4, -0.2) is 43.2 Å². The first-order valence-corrected chi connectivity index (χ1v) is 8.58. The topological polar surface area (TPSA) is 67.9 Å². The molecule has 0 saturated carbocycles. The molecule has 1 N–H and O–H groups in total. The predicted molar refractivity (Wildman–Crippen MR) is 92.3 cm³/mol. The van der Waals surface area contributed by atoms with Crippen molar-refractivity contribution in [3.8, 4) is 5.75 Å². The number of rotatable bonds is 4. The SMILES string of the molecule is COc1ccc(N2C[C@@]34C=C[C@@H](O3)[C@H](C(=O)NC(C)C)[C@H]4C2=O)cc1. The molecule has 3 heterocycles. The zero-order chi connectivity index (χ0) is 17.8. The van der Waals surface area contributed by atoms with Gasteiger partial charge < -0.3 is 19.7 Å². The number of ether oxygens (including phenoxy) is 2. The molecule has 2 saturated heterocycles. The van der Waals surface area contributed by atoms with Crippen LogP contribution in [0.4, 0.5) is 5.69 Å². The van der Waals surface area contributed by atoms with Gasteiger partial charge in [0, 0.05) is 11.7 Å². The summed E-state index contributed by atoms with van der Waals surface area (Å²) >= 11 is 0. The molecule has 6 heteroatoms. The smallest absolute Gasteiger partial charge is 0.234 e. The Morgan fingerprint density at radius 3 is 2.72 bits per heavy atom. The highest BCUT2D eigenvalue weighted by atomic mass is 16.5. The molecule has 2 fully saturated rings. The molecule has 132 valence electrons. The number of anilines is 1. The Morgan fingerprint density at radius 2 is 2.08 bits per heavy atom.